The van der Waals surface area contributed by atoms with Crippen molar-refractivity contribution in [3.05, 3.63) is 59.7 Å². The lowest BCUT2D eigenvalue weighted by Crippen LogP contribution is -2.58. The number of carbonyl (C=O) groups is 1. The lowest BCUT2D eigenvalue weighted by molar-refractivity contribution is -0.0948. The molecule has 2 atom stereocenters. The standard InChI is InChI=1S/C24H33N3O4S/c1-17-9-11-21(12-10-17)26-32(29,30)22-8-6-7-20(13-22)23(28)25-16-24(4,5)27-14-18(2)31-19(3)15-27/h6-13,18-19,26H,14-16H2,1-5H3,(H,25,28). The summed E-state index contributed by atoms with van der Waals surface area (Å²) in [5.74, 6) is -0.306. The molecule has 1 saturated heterocycles. The summed E-state index contributed by atoms with van der Waals surface area (Å²) in [5, 5.41) is 2.96. The van der Waals surface area contributed by atoms with Gasteiger partial charge in [-0.15, -0.1) is 0 Å². The number of benzene rings is 2. The number of ether oxygens (including phenoxy) is 1. The van der Waals surface area contributed by atoms with Crippen molar-refractivity contribution >= 4 is 21.6 Å². The van der Waals surface area contributed by atoms with Crippen molar-refractivity contribution in [2.75, 3.05) is 24.4 Å². The minimum atomic E-state index is -3.81. The number of nitrogens with zero attached hydrogens (tertiary/aromatic N) is 1. The van der Waals surface area contributed by atoms with Crippen LogP contribution in [0.1, 0.15) is 43.6 Å². The third-order valence-corrected chi connectivity index (χ3v) is 7.05. The van der Waals surface area contributed by atoms with Gasteiger partial charge in [0.05, 0.1) is 17.1 Å². The summed E-state index contributed by atoms with van der Waals surface area (Å²) in [6, 6.07) is 13.2. The fourth-order valence-electron chi connectivity index (χ4n) is 3.82. The van der Waals surface area contributed by atoms with Gasteiger partial charge in [0.25, 0.3) is 15.9 Å². The summed E-state index contributed by atoms with van der Waals surface area (Å²) >= 11 is 0. The number of rotatable bonds is 7. The van der Waals surface area contributed by atoms with E-state index in [0.29, 0.717) is 17.8 Å². The van der Waals surface area contributed by atoms with Crippen molar-refractivity contribution in [3.63, 3.8) is 0 Å². The highest BCUT2D eigenvalue weighted by Crippen LogP contribution is 2.21. The average molecular weight is 460 g/mol. The number of anilines is 1. The van der Waals surface area contributed by atoms with Gasteiger partial charge in [0, 0.05) is 36.4 Å². The topological polar surface area (TPSA) is 87.7 Å². The number of sulfonamides is 1. The molecule has 3 rings (SSSR count). The molecule has 1 aliphatic heterocycles. The van der Waals surface area contributed by atoms with Crippen LogP contribution in [0.4, 0.5) is 5.69 Å². The first-order valence-corrected chi connectivity index (χ1v) is 12.3. The number of aryl methyl sites for hydroxylation is 1. The van der Waals surface area contributed by atoms with E-state index in [9.17, 15) is 13.2 Å². The van der Waals surface area contributed by atoms with E-state index in [-0.39, 0.29) is 28.5 Å². The first-order valence-electron chi connectivity index (χ1n) is 10.8. The summed E-state index contributed by atoms with van der Waals surface area (Å²) in [4.78, 5) is 15.2. The fraction of sp³-hybridized carbons (Fsp3) is 0.458. The third-order valence-electron chi connectivity index (χ3n) is 5.67. The normalized spacial score (nSPS) is 20.0. The van der Waals surface area contributed by atoms with Crippen LogP contribution in [0.5, 0.6) is 0 Å². The second-order valence-electron chi connectivity index (χ2n) is 9.16. The average Bonchev–Trinajstić information content (AvgIpc) is 2.73. The van der Waals surface area contributed by atoms with Crippen LogP contribution in [0.25, 0.3) is 0 Å². The molecule has 0 radical (unpaired) electrons. The SMILES string of the molecule is Cc1ccc(NS(=O)(=O)c2cccc(C(=O)NCC(C)(C)N3CC(C)OC(C)C3)c2)cc1. The maximum absolute atomic E-state index is 12.8. The predicted molar refractivity (Wildman–Crippen MR) is 126 cm³/mol. The Morgan fingerprint density at radius 3 is 2.34 bits per heavy atom. The molecule has 1 fully saturated rings. The Balaban J connectivity index is 1.67. The van der Waals surface area contributed by atoms with Crippen molar-refractivity contribution in [3.8, 4) is 0 Å². The maximum atomic E-state index is 12.8. The van der Waals surface area contributed by atoms with Gasteiger partial charge in [-0.2, -0.15) is 0 Å². The Bertz CT molecular complexity index is 1040. The first-order chi connectivity index (χ1) is 15.0. The van der Waals surface area contributed by atoms with Gasteiger partial charge in [0.1, 0.15) is 0 Å². The van der Waals surface area contributed by atoms with Crippen LogP contribution >= 0.6 is 0 Å². The number of morpholine rings is 1. The van der Waals surface area contributed by atoms with Crippen LogP contribution in [-0.4, -0.2) is 56.6 Å². The molecule has 1 aliphatic rings. The van der Waals surface area contributed by atoms with E-state index in [2.05, 4.69) is 28.8 Å². The first kappa shape index (κ1) is 24.2. The zero-order valence-electron chi connectivity index (χ0n) is 19.4. The maximum Gasteiger partial charge on any atom is 0.261 e. The van der Waals surface area contributed by atoms with Gasteiger partial charge in [-0.05, 0) is 65.0 Å². The number of amides is 1. The molecule has 1 amide bonds. The quantitative estimate of drug-likeness (QED) is 0.663. The molecular weight excluding hydrogens is 426 g/mol. The van der Waals surface area contributed by atoms with E-state index < -0.39 is 10.0 Å². The Morgan fingerprint density at radius 1 is 1.09 bits per heavy atom. The summed E-state index contributed by atoms with van der Waals surface area (Å²) in [5.41, 5.74) is 1.55. The zero-order valence-corrected chi connectivity index (χ0v) is 20.2. The fourth-order valence-corrected chi connectivity index (χ4v) is 4.93. The lowest BCUT2D eigenvalue weighted by atomic mass is 10.00. The Kier molecular flexibility index (Phi) is 7.27. The van der Waals surface area contributed by atoms with E-state index in [1.54, 1.807) is 24.3 Å². The van der Waals surface area contributed by atoms with Crippen molar-refractivity contribution < 1.29 is 17.9 Å². The lowest BCUT2D eigenvalue weighted by Gasteiger charge is -2.45. The molecule has 1 heterocycles. The Labute approximate surface area is 191 Å². The highest BCUT2D eigenvalue weighted by atomic mass is 32.2. The highest BCUT2D eigenvalue weighted by Gasteiger charge is 2.33. The highest BCUT2D eigenvalue weighted by molar-refractivity contribution is 7.92. The number of hydrogen-bond donors (Lipinski definition) is 2. The van der Waals surface area contributed by atoms with E-state index in [0.717, 1.165) is 18.7 Å². The van der Waals surface area contributed by atoms with Crippen molar-refractivity contribution in [2.45, 2.75) is 57.3 Å². The molecule has 2 N–H and O–H groups in total. The van der Waals surface area contributed by atoms with Gasteiger partial charge in [0.2, 0.25) is 0 Å². The van der Waals surface area contributed by atoms with E-state index in [1.807, 2.05) is 32.9 Å². The van der Waals surface area contributed by atoms with Crippen LogP contribution in [-0.2, 0) is 14.8 Å². The van der Waals surface area contributed by atoms with E-state index in [4.69, 9.17) is 4.74 Å². The molecule has 0 saturated carbocycles. The molecule has 2 unspecified atom stereocenters. The number of nitrogens with one attached hydrogen (secondary N) is 2. The zero-order chi connectivity index (χ0) is 23.5. The molecule has 32 heavy (non-hydrogen) atoms. The smallest absolute Gasteiger partial charge is 0.261 e. The van der Waals surface area contributed by atoms with Crippen LogP contribution < -0.4 is 10.0 Å². The van der Waals surface area contributed by atoms with Gasteiger partial charge in [-0.3, -0.25) is 14.4 Å². The van der Waals surface area contributed by atoms with Gasteiger partial charge in [0.15, 0.2) is 0 Å². The number of hydrogen-bond acceptors (Lipinski definition) is 5. The molecule has 174 valence electrons. The molecule has 7 nitrogen and oxygen atoms in total. The van der Waals surface area contributed by atoms with Crippen molar-refractivity contribution in [1.29, 1.82) is 0 Å². The predicted octanol–water partition coefficient (Wildman–Crippen LogP) is 3.41. The molecular formula is C24H33N3O4S. The molecule has 0 aliphatic carbocycles. The second-order valence-corrected chi connectivity index (χ2v) is 10.8. The Hall–Kier alpha value is -2.42. The van der Waals surface area contributed by atoms with E-state index >= 15 is 0 Å². The number of carbonyl (C=O) groups excluding carboxylic acids is 1. The largest absolute Gasteiger partial charge is 0.373 e. The van der Waals surface area contributed by atoms with Gasteiger partial charge in [-0.25, -0.2) is 8.42 Å². The molecule has 2 aromatic carbocycles. The molecule has 2 aromatic rings. The molecule has 0 aromatic heterocycles. The van der Waals surface area contributed by atoms with Crippen molar-refractivity contribution in [1.82, 2.24) is 10.2 Å². The van der Waals surface area contributed by atoms with Crippen LogP contribution in [0.2, 0.25) is 0 Å². The second kappa shape index (κ2) is 9.60. The summed E-state index contributed by atoms with van der Waals surface area (Å²) < 4.78 is 33.9. The minimum Gasteiger partial charge on any atom is -0.373 e. The van der Waals surface area contributed by atoms with Crippen LogP contribution in [0.3, 0.4) is 0 Å². The van der Waals surface area contributed by atoms with Crippen molar-refractivity contribution in [2.24, 2.45) is 0 Å². The molecule has 0 spiro atoms. The van der Waals surface area contributed by atoms with Gasteiger partial charge >= 0.3 is 0 Å². The summed E-state index contributed by atoms with van der Waals surface area (Å²) in [7, 11) is -3.81. The summed E-state index contributed by atoms with van der Waals surface area (Å²) in [6.07, 6.45) is 0.272. The molecule has 8 heteroatoms. The van der Waals surface area contributed by atoms with Gasteiger partial charge in [-0.1, -0.05) is 23.8 Å². The van der Waals surface area contributed by atoms with Gasteiger partial charge < -0.3 is 10.1 Å². The Morgan fingerprint density at radius 2 is 1.72 bits per heavy atom. The van der Waals surface area contributed by atoms with E-state index in [1.165, 1.54) is 12.1 Å². The van der Waals surface area contributed by atoms with Crippen LogP contribution in [0.15, 0.2) is 53.4 Å². The molecule has 0 bridgehead atoms. The minimum absolute atomic E-state index is 0.0424. The summed E-state index contributed by atoms with van der Waals surface area (Å²) in [6.45, 7) is 12.2. The third kappa shape index (κ3) is 6.09. The van der Waals surface area contributed by atoms with Crippen LogP contribution in [0, 0.1) is 6.92 Å². The monoisotopic (exact) mass is 459 g/mol.